The average Bonchev–Trinajstić information content (AvgIpc) is 3.32. The minimum Gasteiger partial charge on any atom is -0.390 e. The molecular weight excluding hydrogens is 410 g/mol. The fourth-order valence-electron chi connectivity index (χ4n) is 9.05. The number of hydrogen-bond acceptors (Lipinski definition) is 4. The summed E-state index contributed by atoms with van der Waals surface area (Å²) >= 11 is 0. The van der Waals surface area contributed by atoms with Gasteiger partial charge in [0.05, 0.1) is 18.3 Å². The molecule has 0 bridgehead atoms. The third-order valence-corrected chi connectivity index (χ3v) is 10.5. The summed E-state index contributed by atoms with van der Waals surface area (Å²) in [4.78, 5) is 17.9. The molecule has 8 unspecified atom stereocenters. The first-order valence-electron chi connectivity index (χ1n) is 13.3. The van der Waals surface area contributed by atoms with E-state index >= 15 is 0 Å². The Bertz CT molecular complexity index is 1070. The highest BCUT2D eigenvalue weighted by molar-refractivity contribution is 5.83. The highest BCUT2D eigenvalue weighted by atomic mass is 16.3. The van der Waals surface area contributed by atoms with Crippen LogP contribution in [0.15, 0.2) is 18.5 Å². The van der Waals surface area contributed by atoms with E-state index in [-0.39, 0.29) is 11.3 Å². The lowest BCUT2D eigenvalue weighted by atomic mass is 9.49. The van der Waals surface area contributed by atoms with Crippen LogP contribution in [0.25, 0.3) is 10.9 Å². The largest absolute Gasteiger partial charge is 0.390 e. The average molecular weight is 450 g/mol. The smallest absolute Gasteiger partial charge is 0.157 e. The molecule has 0 radical (unpaired) electrons. The van der Waals surface area contributed by atoms with Gasteiger partial charge in [0, 0.05) is 23.2 Å². The fourth-order valence-corrected chi connectivity index (χ4v) is 9.05. The molecule has 5 heteroatoms. The van der Waals surface area contributed by atoms with Gasteiger partial charge < -0.3 is 5.11 Å². The number of fused-ring (bicyclic) bond motifs is 6. The highest BCUT2D eigenvalue weighted by Crippen LogP contribution is 2.64. The van der Waals surface area contributed by atoms with Gasteiger partial charge in [0.2, 0.25) is 0 Å². The summed E-state index contributed by atoms with van der Waals surface area (Å²) < 4.78 is 1.84. The zero-order valence-electron chi connectivity index (χ0n) is 20.5. The van der Waals surface area contributed by atoms with Crippen LogP contribution in [0.5, 0.6) is 0 Å². The summed E-state index contributed by atoms with van der Waals surface area (Å²) in [7, 11) is 0. The molecule has 2 heterocycles. The van der Waals surface area contributed by atoms with Gasteiger partial charge in [0.25, 0.3) is 0 Å². The van der Waals surface area contributed by atoms with Crippen molar-refractivity contribution < 1.29 is 9.90 Å². The Kier molecular flexibility index (Phi) is 5.03. The highest BCUT2D eigenvalue weighted by Gasteiger charge is 2.58. The van der Waals surface area contributed by atoms with E-state index in [2.05, 4.69) is 17.0 Å². The molecule has 33 heavy (non-hydrogen) atoms. The van der Waals surface area contributed by atoms with Gasteiger partial charge in [-0.1, -0.05) is 6.92 Å². The summed E-state index contributed by atoms with van der Waals surface area (Å²) in [5.41, 5.74) is 1.55. The second-order valence-electron chi connectivity index (χ2n) is 12.5. The van der Waals surface area contributed by atoms with E-state index in [9.17, 15) is 9.90 Å². The molecule has 1 N–H and O–H groups in total. The third-order valence-electron chi connectivity index (χ3n) is 10.5. The molecule has 0 spiro atoms. The van der Waals surface area contributed by atoms with Crippen molar-refractivity contribution >= 4 is 16.7 Å². The minimum absolute atomic E-state index is 0.149. The molecule has 4 aliphatic carbocycles. The number of aryl methyl sites for hydroxylation is 1. The van der Waals surface area contributed by atoms with Gasteiger partial charge in [-0.2, -0.15) is 5.10 Å². The molecular formula is C28H39N3O2. The zero-order valence-corrected chi connectivity index (χ0v) is 20.5. The fraction of sp³-hybridized carbons (Fsp3) is 0.750. The van der Waals surface area contributed by atoms with Gasteiger partial charge in [0.15, 0.2) is 5.78 Å². The Labute approximate surface area is 197 Å². The van der Waals surface area contributed by atoms with E-state index in [4.69, 9.17) is 0 Å². The molecule has 0 aliphatic heterocycles. The Hall–Kier alpha value is -1.75. The van der Waals surface area contributed by atoms with Crippen molar-refractivity contribution in [3.63, 3.8) is 0 Å². The number of pyridine rings is 1. The van der Waals surface area contributed by atoms with Gasteiger partial charge in [-0.05, 0) is 113 Å². The minimum atomic E-state index is -0.450. The SMILES string of the molecule is Cc1cc2cn(CC(=O)C3CCC4C5CCC6CC(C)(O)CCC6C5CCC34C)nc2cn1. The van der Waals surface area contributed by atoms with Gasteiger partial charge in [0.1, 0.15) is 5.52 Å². The van der Waals surface area contributed by atoms with Crippen LogP contribution in [0.4, 0.5) is 0 Å². The lowest BCUT2D eigenvalue weighted by Gasteiger charge is -2.56. The second kappa shape index (κ2) is 7.63. The van der Waals surface area contributed by atoms with Crippen molar-refractivity contribution in [1.29, 1.82) is 0 Å². The number of rotatable bonds is 3. The number of Topliss-reactive ketones (excluding diaryl/α,β-unsaturated/α-hetero) is 1. The Balaban J connectivity index is 1.18. The molecule has 4 saturated carbocycles. The first-order chi connectivity index (χ1) is 15.7. The molecule has 4 aliphatic rings. The summed E-state index contributed by atoms with van der Waals surface area (Å²) in [6.07, 6.45) is 14.3. The number of ketones is 1. The van der Waals surface area contributed by atoms with Crippen LogP contribution < -0.4 is 0 Å². The molecule has 5 nitrogen and oxygen atoms in total. The van der Waals surface area contributed by atoms with Crippen LogP contribution in [0, 0.1) is 47.8 Å². The maximum atomic E-state index is 13.6. The monoisotopic (exact) mass is 449 g/mol. The summed E-state index contributed by atoms with van der Waals surface area (Å²) in [5.74, 6) is 4.35. The van der Waals surface area contributed by atoms with E-state index in [1.54, 1.807) is 6.20 Å². The van der Waals surface area contributed by atoms with Gasteiger partial charge >= 0.3 is 0 Å². The molecule has 0 saturated heterocycles. The molecule has 6 rings (SSSR count). The van der Waals surface area contributed by atoms with Gasteiger partial charge in [-0.25, -0.2) is 0 Å². The predicted octanol–water partition coefficient (Wildman–Crippen LogP) is 5.33. The Morgan fingerprint density at radius 2 is 1.91 bits per heavy atom. The van der Waals surface area contributed by atoms with E-state index in [1.165, 1.54) is 38.5 Å². The lowest BCUT2D eigenvalue weighted by molar-refractivity contribution is -0.133. The Morgan fingerprint density at radius 3 is 2.76 bits per heavy atom. The molecule has 178 valence electrons. The molecule has 2 aromatic heterocycles. The third kappa shape index (κ3) is 3.57. The number of carbonyl (C=O) groups is 1. The van der Waals surface area contributed by atoms with Crippen LogP contribution in [-0.2, 0) is 11.3 Å². The topological polar surface area (TPSA) is 68.0 Å². The molecule has 0 aromatic carbocycles. The van der Waals surface area contributed by atoms with Crippen molar-refractivity contribution in [3.8, 4) is 0 Å². The predicted molar refractivity (Wildman–Crippen MR) is 128 cm³/mol. The lowest BCUT2D eigenvalue weighted by Crippen LogP contribution is -2.51. The number of carbonyl (C=O) groups excluding carboxylic acids is 1. The molecule has 0 amide bonds. The van der Waals surface area contributed by atoms with E-state index < -0.39 is 5.60 Å². The quantitative estimate of drug-likeness (QED) is 0.688. The van der Waals surface area contributed by atoms with Crippen LogP contribution in [0.2, 0.25) is 0 Å². The van der Waals surface area contributed by atoms with Crippen molar-refractivity contribution in [2.45, 2.75) is 90.7 Å². The van der Waals surface area contributed by atoms with Crippen LogP contribution >= 0.6 is 0 Å². The first kappa shape index (κ1) is 21.8. The van der Waals surface area contributed by atoms with E-state index in [0.717, 1.165) is 53.6 Å². The van der Waals surface area contributed by atoms with Crippen molar-refractivity contribution in [2.75, 3.05) is 0 Å². The zero-order chi connectivity index (χ0) is 23.0. The van der Waals surface area contributed by atoms with Crippen molar-refractivity contribution in [1.82, 2.24) is 14.8 Å². The first-order valence-corrected chi connectivity index (χ1v) is 13.3. The van der Waals surface area contributed by atoms with Crippen molar-refractivity contribution in [3.05, 3.63) is 24.2 Å². The maximum absolute atomic E-state index is 13.6. The summed E-state index contributed by atoms with van der Waals surface area (Å²) in [6.45, 7) is 6.85. The second-order valence-corrected chi connectivity index (χ2v) is 12.5. The van der Waals surface area contributed by atoms with Gasteiger partial charge in [-0.3, -0.25) is 14.5 Å². The molecule has 2 aromatic rings. The standard InChI is InChI=1S/C28H39N3O2/c1-17-12-19-15-31(30-25(19)14-29-17)16-26(32)24-7-6-23-22-5-4-18-13-27(2,33)10-8-20(18)21(22)9-11-28(23,24)3/h12,14-15,18,20-24,33H,4-11,13,16H2,1-3H3. The van der Waals surface area contributed by atoms with E-state index in [0.29, 0.717) is 24.2 Å². The number of hydrogen-bond donors (Lipinski definition) is 1. The normalized spacial score (nSPS) is 42.5. The van der Waals surface area contributed by atoms with Crippen LogP contribution in [0.3, 0.4) is 0 Å². The Morgan fingerprint density at radius 1 is 1.09 bits per heavy atom. The summed E-state index contributed by atoms with van der Waals surface area (Å²) in [6, 6.07) is 2.04. The summed E-state index contributed by atoms with van der Waals surface area (Å²) in [5, 5.41) is 16.3. The maximum Gasteiger partial charge on any atom is 0.157 e. The van der Waals surface area contributed by atoms with Gasteiger partial charge in [-0.15, -0.1) is 0 Å². The van der Waals surface area contributed by atoms with Crippen LogP contribution in [0.1, 0.15) is 77.3 Å². The number of aromatic nitrogens is 3. The van der Waals surface area contributed by atoms with E-state index in [1.807, 2.05) is 30.8 Å². The molecule has 4 fully saturated rings. The number of aliphatic hydroxyl groups is 1. The molecule has 8 atom stereocenters. The van der Waals surface area contributed by atoms with Crippen molar-refractivity contribution in [2.24, 2.45) is 40.9 Å². The van der Waals surface area contributed by atoms with Crippen LogP contribution in [-0.4, -0.2) is 31.3 Å². The number of nitrogens with zero attached hydrogens (tertiary/aromatic N) is 3.